The fraction of sp³-hybridized carbons (Fsp3) is 0.400. The first kappa shape index (κ1) is 18.1. The largest absolute Gasteiger partial charge is 0.338 e. The van der Waals surface area contributed by atoms with Crippen LogP contribution in [0.1, 0.15) is 34.1 Å². The van der Waals surface area contributed by atoms with Crippen molar-refractivity contribution < 1.29 is 4.79 Å². The van der Waals surface area contributed by atoms with E-state index in [2.05, 4.69) is 11.9 Å². The summed E-state index contributed by atoms with van der Waals surface area (Å²) in [6.07, 6.45) is 0. The van der Waals surface area contributed by atoms with Gasteiger partial charge >= 0.3 is 0 Å². The molecule has 0 aliphatic carbocycles. The van der Waals surface area contributed by atoms with Crippen molar-refractivity contribution in [3.8, 4) is 0 Å². The third-order valence-corrected chi connectivity index (χ3v) is 4.07. The fourth-order valence-corrected chi connectivity index (χ4v) is 2.95. The molecule has 1 aromatic heterocycles. The van der Waals surface area contributed by atoms with E-state index in [0.29, 0.717) is 6.54 Å². The van der Waals surface area contributed by atoms with Gasteiger partial charge < -0.3 is 4.90 Å². The molecular weight excluding hydrogens is 298 g/mol. The van der Waals surface area contributed by atoms with Crippen LogP contribution in [0.25, 0.3) is 0 Å². The Morgan fingerprint density at radius 2 is 1.62 bits per heavy atom. The second-order valence-electron chi connectivity index (χ2n) is 6.75. The van der Waals surface area contributed by atoms with E-state index in [0.717, 1.165) is 17.0 Å². The van der Waals surface area contributed by atoms with Crippen molar-refractivity contribution in [2.75, 3.05) is 21.1 Å². The lowest BCUT2D eigenvalue weighted by atomic mass is 10.0. The smallest absolute Gasteiger partial charge is 0.244 e. The van der Waals surface area contributed by atoms with Crippen molar-refractivity contribution >= 4 is 5.91 Å². The van der Waals surface area contributed by atoms with Crippen molar-refractivity contribution in [3.05, 3.63) is 64.5 Å². The van der Waals surface area contributed by atoms with E-state index in [1.165, 1.54) is 11.1 Å². The van der Waals surface area contributed by atoms with Crippen LogP contribution in [0.3, 0.4) is 0 Å². The molecule has 128 valence electrons. The minimum absolute atomic E-state index is 0.0739. The van der Waals surface area contributed by atoms with Crippen LogP contribution in [0.4, 0.5) is 0 Å². The van der Waals surface area contributed by atoms with Gasteiger partial charge in [-0.1, -0.05) is 29.8 Å². The molecule has 2 rings (SSSR count). The molecule has 1 aromatic carbocycles. The van der Waals surface area contributed by atoms with Crippen molar-refractivity contribution in [1.82, 2.24) is 14.8 Å². The Morgan fingerprint density at radius 3 is 2.17 bits per heavy atom. The first-order chi connectivity index (χ1) is 11.3. The standard InChI is InChI=1S/C20H27N3O/c1-14-7-9-17(10-8-14)19(22(4)5)20(24)23(6)13-18-12-15(2)11-16(3)21-18/h7-12,19H,13H2,1-6H3. The summed E-state index contributed by atoms with van der Waals surface area (Å²) in [5.41, 5.74) is 5.27. The van der Waals surface area contributed by atoms with Crippen LogP contribution in [0.15, 0.2) is 36.4 Å². The summed E-state index contributed by atoms with van der Waals surface area (Å²) in [5, 5.41) is 0. The predicted molar refractivity (Wildman–Crippen MR) is 97.8 cm³/mol. The number of amides is 1. The summed E-state index contributed by atoms with van der Waals surface area (Å²) in [6, 6.07) is 11.9. The number of hydrogen-bond donors (Lipinski definition) is 0. The van der Waals surface area contributed by atoms with Crippen LogP contribution in [0.5, 0.6) is 0 Å². The minimum Gasteiger partial charge on any atom is -0.338 e. The molecule has 0 bridgehead atoms. The van der Waals surface area contributed by atoms with Gasteiger partial charge in [0.1, 0.15) is 6.04 Å². The molecular formula is C20H27N3O. The molecule has 0 fully saturated rings. The monoisotopic (exact) mass is 325 g/mol. The number of hydrogen-bond acceptors (Lipinski definition) is 3. The van der Waals surface area contributed by atoms with Gasteiger partial charge in [-0.3, -0.25) is 14.7 Å². The molecule has 1 heterocycles. The highest BCUT2D eigenvalue weighted by Gasteiger charge is 2.26. The van der Waals surface area contributed by atoms with Crippen LogP contribution in [-0.2, 0) is 11.3 Å². The second kappa shape index (κ2) is 7.58. The zero-order valence-electron chi connectivity index (χ0n) is 15.5. The van der Waals surface area contributed by atoms with Crippen LogP contribution in [0.2, 0.25) is 0 Å². The topological polar surface area (TPSA) is 36.4 Å². The molecule has 0 saturated carbocycles. The Kier molecular flexibility index (Phi) is 5.73. The van der Waals surface area contributed by atoms with Gasteiger partial charge in [0.15, 0.2) is 0 Å². The van der Waals surface area contributed by atoms with Gasteiger partial charge in [-0.2, -0.15) is 0 Å². The maximum Gasteiger partial charge on any atom is 0.244 e. The van der Waals surface area contributed by atoms with E-state index in [-0.39, 0.29) is 11.9 Å². The third kappa shape index (κ3) is 4.42. The number of likely N-dealkylation sites (N-methyl/N-ethyl adjacent to an activating group) is 2. The lowest BCUT2D eigenvalue weighted by molar-refractivity contribution is -0.135. The van der Waals surface area contributed by atoms with Gasteiger partial charge in [0.2, 0.25) is 5.91 Å². The van der Waals surface area contributed by atoms with E-state index in [1.807, 2.05) is 76.3 Å². The Labute approximate surface area is 145 Å². The molecule has 2 aromatic rings. The number of aryl methyl sites for hydroxylation is 3. The van der Waals surface area contributed by atoms with Crippen LogP contribution in [-0.4, -0.2) is 41.8 Å². The van der Waals surface area contributed by atoms with E-state index in [1.54, 1.807) is 4.90 Å². The van der Waals surface area contributed by atoms with Crippen LogP contribution < -0.4 is 0 Å². The summed E-state index contributed by atoms with van der Waals surface area (Å²) >= 11 is 0. The van der Waals surface area contributed by atoms with Gasteiger partial charge in [0.05, 0.1) is 12.2 Å². The summed E-state index contributed by atoms with van der Waals surface area (Å²) in [7, 11) is 5.71. The summed E-state index contributed by atoms with van der Waals surface area (Å²) in [5.74, 6) is 0.0739. The molecule has 1 atom stereocenters. The van der Waals surface area contributed by atoms with Gasteiger partial charge in [-0.25, -0.2) is 0 Å². The van der Waals surface area contributed by atoms with E-state index < -0.39 is 0 Å². The zero-order chi connectivity index (χ0) is 17.9. The SMILES string of the molecule is Cc1ccc(C(C(=O)N(C)Cc2cc(C)cc(C)n2)N(C)C)cc1. The van der Waals surface area contributed by atoms with Crippen molar-refractivity contribution in [1.29, 1.82) is 0 Å². The van der Waals surface area contributed by atoms with Gasteiger partial charge in [-0.05, 0) is 58.1 Å². The number of nitrogens with zero attached hydrogens (tertiary/aromatic N) is 3. The highest BCUT2D eigenvalue weighted by atomic mass is 16.2. The first-order valence-corrected chi connectivity index (χ1v) is 8.20. The van der Waals surface area contributed by atoms with E-state index in [9.17, 15) is 4.79 Å². The lowest BCUT2D eigenvalue weighted by Crippen LogP contribution is -2.38. The summed E-state index contributed by atoms with van der Waals surface area (Å²) in [4.78, 5) is 21.3. The maximum absolute atomic E-state index is 13.0. The second-order valence-corrected chi connectivity index (χ2v) is 6.75. The Hall–Kier alpha value is -2.20. The number of rotatable bonds is 5. The maximum atomic E-state index is 13.0. The minimum atomic E-state index is -0.290. The number of pyridine rings is 1. The molecule has 4 nitrogen and oxygen atoms in total. The van der Waals surface area contributed by atoms with E-state index in [4.69, 9.17) is 0 Å². The quantitative estimate of drug-likeness (QED) is 0.846. The van der Waals surface area contributed by atoms with Crippen LogP contribution >= 0.6 is 0 Å². The Bertz CT molecular complexity index is 687. The molecule has 0 N–H and O–H groups in total. The van der Waals surface area contributed by atoms with E-state index >= 15 is 0 Å². The highest BCUT2D eigenvalue weighted by molar-refractivity contribution is 5.83. The summed E-state index contributed by atoms with van der Waals surface area (Å²) in [6.45, 7) is 6.59. The van der Waals surface area contributed by atoms with Gasteiger partial charge in [0.25, 0.3) is 0 Å². The lowest BCUT2D eigenvalue weighted by Gasteiger charge is -2.28. The molecule has 4 heteroatoms. The zero-order valence-corrected chi connectivity index (χ0v) is 15.5. The molecule has 0 aliphatic heterocycles. The normalized spacial score (nSPS) is 12.3. The first-order valence-electron chi connectivity index (χ1n) is 8.20. The Morgan fingerprint density at radius 1 is 1.00 bits per heavy atom. The predicted octanol–water partition coefficient (Wildman–Crippen LogP) is 3.27. The number of carbonyl (C=O) groups is 1. The molecule has 0 saturated heterocycles. The number of carbonyl (C=O) groups excluding carboxylic acids is 1. The molecule has 0 spiro atoms. The highest BCUT2D eigenvalue weighted by Crippen LogP contribution is 2.22. The van der Waals surface area contributed by atoms with Crippen molar-refractivity contribution in [2.24, 2.45) is 0 Å². The van der Waals surface area contributed by atoms with Crippen molar-refractivity contribution in [2.45, 2.75) is 33.4 Å². The Balaban J connectivity index is 2.21. The third-order valence-electron chi connectivity index (χ3n) is 4.07. The van der Waals surface area contributed by atoms with Gasteiger partial charge in [0, 0.05) is 12.7 Å². The number of benzene rings is 1. The molecule has 24 heavy (non-hydrogen) atoms. The molecule has 0 radical (unpaired) electrons. The molecule has 1 amide bonds. The average Bonchev–Trinajstić information content (AvgIpc) is 2.47. The van der Waals surface area contributed by atoms with Crippen molar-refractivity contribution in [3.63, 3.8) is 0 Å². The molecule has 0 aliphatic rings. The molecule has 1 unspecified atom stereocenters. The van der Waals surface area contributed by atoms with Crippen LogP contribution in [0, 0.1) is 20.8 Å². The number of aromatic nitrogens is 1. The average molecular weight is 325 g/mol. The summed E-state index contributed by atoms with van der Waals surface area (Å²) < 4.78 is 0. The fourth-order valence-electron chi connectivity index (χ4n) is 2.95. The van der Waals surface area contributed by atoms with Gasteiger partial charge in [-0.15, -0.1) is 0 Å².